The van der Waals surface area contributed by atoms with Crippen molar-refractivity contribution in [2.45, 2.75) is 110 Å². The number of likely N-dealkylation sites (tertiary alicyclic amines) is 1. The molecule has 7 aromatic carbocycles. The number of ether oxygens (including phenoxy) is 1. The molecule has 12 aromatic rings. The molecule has 0 saturated carbocycles. The van der Waals surface area contributed by atoms with Crippen LogP contribution in [-0.2, 0) is 55.0 Å². The van der Waals surface area contributed by atoms with Gasteiger partial charge in [0.05, 0.1) is 83.4 Å². The maximum Gasteiger partial charge on any atom is 0.408 e. The summed E-state index contributed by atoms with van der Waals surface area (Å²) in [5.41, 5.74) is 17.7. The zero-order valence-corrected chi connectivity index (χ0v) is 60.4. The number of nitro benzene ring substituents is 1. The predicted octanol–water partition coefficient (Wildman–Crippen LogP) is 10.5. The van der Waals surface area contributed by atoms with Crippen molar-refractivity contribution in [3.05, 3.63) is 231 Å². The lowest BCUT2D eigenvalue weighted by Crippen LogP contribution is -2.37. The summed E-state index contributed by atoms with van der Waals surface area (Å²) in [6, 6.07) is 51.6. The summed E-state index contributed by atoms with van der Waals surface area (Å²) in [6.45, 7) is 14.1. The van der Waals surface area contributed by atoms with Crippen molar-refractivity contribution < 1.29 is 42.8 Å². The number of imidazole rings is 4. The minimum absolute atomic E-state index is 0.00260. The Kier molecular flexibility index (Phi) is 21.6. The first kappa shape index (κ1) is 72.6. The van der Waals surface area contributed by atoms with Gasteiger partial charge < -0.3 is 70.0 Å². The number of nitro groups is 1. The molecule has 5 aromatic heterocycles. The molecule has 27 heteroatoms. The molecule has 6 amide bonds. The third-order valence-electron chi connectivity index (χ3n) is 19.5. The molecular formula is C81H85N17O10. The maximum absolute atomic E-state index is 12.6. The summed E-state index contributed by atoms with van der Waals surface area (Å²) in [4.78, 5) is 106. The number of hydrogen-bond acceptors (Lipinski definition) is 16. The number of amides is 6. The van der Waals surface area contributed by atoms with Crippen LogP contribution >= 0.6 is 0 Å². The molecule has 5 aliphatic heterocycles. The Morgan fingerprint density at radius 3 is 1.60 bits per heavy atom. The Morgan fingerprint density at radius 2 is 1.04 bits per heavy atom. The van der Waals surface area contributed by atoms with E-state index >= 15 is 0 Å². The number of nitrogens with zero attached hydrogens (tertiary/aromatic N) is 10. The molecule has 5 aliphatic rings. The monoisotopic (exact) mass is 1460 g/mol. The van der Waals surface area contributed by atoms with Gasteiger partial charge in [-0.05, 0) is 125 Å². The molecule has 0 aliphatic carbocycles. The van der Waals surface area contributed by atoms with Gasteiger partial charge >= 0.3 is 6.09 Å². The smallest absolute Gasteiger partial charge is 0.408 e. The Morgan fingerprint density at radius 1 is 0.556 bits per heavy atom. The molecule has 0 radical (unpaired) electrons. The van der Waals surface area contributed by atoms with Crippen molar-refractivity contribution >= 4 is 85.5 Å². The van der Waals surface area contributed by atoms with E-state index in [1.807, 2.05) is 133 Å². The van der Waals surface area contributed by atoms with Crippen LogP contribution in [0.15, 0.2) is 174 Å². The van der Waals surface area contributed by atoms with Gasteiger partial charge in [-0.3, -0.25) is 34.1 Å². The Hall–Kier alpha value is -12.4. The minimum atomic E-state index is -0.603. The molecule has 0 spiro atoms. The molecule has 554 valence electrons. The lowest BCUT2D eigenvalue weighted by molar-refractivity contribution is -0.384. The highest BCUT2D eigenvalue weighted by molar-refractivity contribution is 6.08. The SMILES string of the molecule is CC(C)(C)OC(=O)N[C@H](Cc1ccccc1)c1nc2cccc3c2n1CCNC3=O.NC(Cc1ccccc1)c1nc2cccc3c2n1CCNC3=O.O=C(CCc1nc2cccc3c2n1CCNC3=O)NCCN1CCCCC1.O=C1NCCn2c(-c3ccc(-c4cccc([N+](=O)[O-])c4)o3)nc3cccc1c32. The van der Waals surface area contributed by atoms with Crippen LogP contribution in [-0.4, -0.2) is 142 Å². The zero-order valence-electron chi connectivity index (χ0n) is 60.4. The average molecular weight is 1460 g/mol. The number of aromatic nitrogens is 8. The molecule has 8 N–H and O–H groups in total. The summed E-state index contributed by atoms with van der Waals surface area (Å²) in [6.07, 6.45) is 5.64. The Bertz CT molecular complexity index is 5360. The van der Waals surface area contributed by atoms with Crippen molar-refractivity contribution in [3.63, 3.8) is 0 Å². The molecule has 0 bridgehead atoms. The Labute approximate surface area is 621 Å². The van der Waals surface area contributed by atoms with Gasteiger partial charge in [0, 0.05) is 102 Å². The van der Waals surface area contributed by atoms with Crippen molar-refractivity contribution in [1.29, 1.82) is 0 Å². The zero-order chi connectivity index (χ0) is 75.0. The van der Waals surface area contributed by atoms with Crippen molar-refractivity contribution in [2.75, 3.05) is 52.4 Å². The van der Waals surface area contributed by atoms with E-state index in [2.05, 4.69) is 68.0 Å². The van der Waals surface area contributed by atoms with Crippen LogP contribution in [0.1, 0.15) is 129 Å². The number of non-ortho nitro benzene ring substituents is 1. The van der Waals surface area contributed by atoms with Crippen LogP contribution < -0.4 is 37.6 Å². The van der Waals surface area contributed by atoms with Gasteiger partial charge in [0.2, 0.25) is 5.91 Å². The second-order valence-corrected chi connectivity index (χ2v) is 28.1. The number of piperidine rings is 1. The van der Waals surface area contributed by atoms with Gasteiger partial charge in [-0.25, -0.2) is 24.7 Å². The number of para-hydroxylation sites is 4. The first-order chi connectivity index (χ1) is 52.4. The molecule has 1 fully saturated rings. The number of rotatable bonds is 16. The number of nitrogens with two attached hydrogens (primary N) is 1. The normalized spacial score (nSPS) is 15.2. The molecule has 1 saturated heterocycles. The van der Waals surface area contributed by atoms with E-state index in [9.17, 15) is 38.9 Å². The molecular weight excluding hydrogens is 1370 g/mol. The summed E-state index contributed by atoms with van der Waals surface area (Å²) < 4.78 is 19.7. The summed E-state index contributed by atoms with van der Waals surface area (Å²) in [7, 11) is 0. The number of furan rings is 1. The van der Waals surface area contributed by atoms with Gasteiger partial charge in [-0.15, -0.1) is 0 Å². The van der Waals surface area contributed by atoms with E-state index in [1.54, 1.807) is 42.5 Å². The highest BCUT2D eigenvalue weighted by Gasteiger charge is 2.31. The fourth-order valence-electron chi connectivity index (χ4n) is 14.6. The van der Waals surface area contributed by atoms with Crippen LogP contribution in [0.4, 0.5) is 10.5 Å². The van der Waals surface area contributed by atoms with Crippen molar-refractivity contribution in [1.82, 2.24) is 75.0 Å². The summed E-state index contributed by atoms with van der Waals surface area (Å²) in [5.74, 6) is 3.85. The maximum atomic E-state index is 12.6. The number of alkyl carbamates (subject to hydrolysis) is 1. The number of nitrogens with one attached hydrogen (secondary N) is 6. The molecule has 27 nitrogen and oxygen atoms in total. The van der Waals surface area contributed by atoms with Crippen LogP contribution in [0, 0.1) is 10.1 Å². The highest BCUT2D eigenvalue weighted by Crippen LogP contribution is 2.35. The van der Waals surface area contributed by atoms with Crippen LogP contribution in [0.3, 0.4) is 0 Å². The third kappa shape index (κ3) is 16.2. The van der Waals surface area contributed by atoms with E-state index in [1.165, 1.54) is 37.0 Å². The average Bonchev–Trinajstić information content (AvgIpc) is 1.63. The van der Waals surface area contributed by atoms with E-state index < -0.39 is 22.7 Å². The predicted molar refractivity (Wildman–Crippen MR) is 409 cm³/mol. The summed E-state index contributed by atoms with van der Waals surface area (Å²) >= 11 is 0. The first-order valence-electron chi connectivity index (χ1n) is 36.6. The summed E-state index contributed by atoms with van der Waals surface area (Å²) in [5, 5.41) is 28.7. The number of carbonyl (C=O) groups is 6. The molecule has 10 heterocycles. The number of benzene rings is 7. The fourth-order valence-corrected chi connectivity index (χ4v) is 14.6. The standard InChI is InChI=1S/C23H26N4O3.C20H27N5O2.C20H14N4O4.C18H18N4O/c1-23(2,3)30-22(29)26-18(14-15-8-5-4-6-9-15)20-25-17-11-7-10-16-19(17)27(20)13-12-24-21(16)28;26-18(21-9-13-24-11-2-1-3-12-24)8-7-17-23-16-6-4-5-15-19(16)25(17)14-10-22-20(15)27;25-20-14-5-2-6-15-18(14)23(10-9-21-20)19(22-15)17-8-7-16(28-17)12-3-1-4-13(11-12)24(26)27;19-14(11-12-5-2-1-3-6-12)17-21-15-8-4-7-13-16(15)22(17)10-9-20-18(13)23/h4-11,18H,12-14H2,1-3H3,(H,24,28)(H,26,29);4-6H,1-3,7-14H2,(H,21,26)(H,22,27);1-8,11H,9-10H2,(H,21,25);1-8,14H,9-11,19H2,(H,20,23)/t18-;;;/m1.../s1. The van der Waals surface area contributed by atoms with Crippen LogP contribution in [0.2, 0.25) is 0 Å². The lowest BCUT2D eigenvalue weighted by Gasteiger charge is -2.26. The van der Waals surface area contributed by atoms with Crippen LogP contribution in [0.25, 0.3) is 67.0 Å². The topological polar surface area (TPSA) is 341 Å². The molecule has 1 unspecified atom stereocenters. The molecule has 2 atom stereocenters. The van der Waals surface area contributed by atoms with Gasteiger partial charge in [0.1, 0.15) is 28.8 Å². The third-order valence-corrected chi connectivity index (χ3v) is 19.5. The quantitative estimate of drug-likeness (QED) is 0.0349. The van der Waals surface area contributed by atoms with Crippen LogP contribution in [0.5, 0.6) is 0 Å². The first-order valence-corrected chi connectivity index (χ1v) is 36.6. The number of aryl methyl sites for hydroxylation is 1. The largest absolute Gasteiger partial charge is 0.453 e. The molecule has 17 rings (SSSR count). The van der Waals surface area contributed by atoms with E-state index in [-0.39, 0.29) is 41.3 Å². The van der Waals surface area contributed by atoms with E-state index in [0.717, 1.165) is 87.4 Å². The molecule has 108 heavy (non-hydrogen) atoms. The fraction of sp³-hybridized carbons (Fsp3) is 0.309. The lowest BCUT2D eigenvalue weighted by atomic mass is 10.1. The van der Waals surface area contributed by atoms with Crippen molar-refractivity contribution in [2.24, 2.45) is 5.73 Å². The second kappa shape index (κ2) is 32.2. The second-order valence-electron chi connectivity index (χ2n) is 28.1. The van der Waals surface area contributed by atoms with Gasteiger partial charge in [0.25, 0.3) is 29.3 Å². The number of hydrogen-bond donors (Lipinski definition) is 7. The van der Waals surface area contributed by atoms with Crippen molar-refractivity contribution in [3.8, 4) is 22.9 Å². The Balaban J connectivity index is 0.000000121. The van der Waals surface area contributed by atoms with Gasteiger partial charge in [-0.2, -0.15) is 0 Å². The van der Waals surface area contributed by atoms with E-state index in [0.29, 0.717) is 129 Å². The van der Waals surface area contributed by atoms with E-state index in [4.69, 9.17) is 24.9 Å². The highest BCUT2D eigenvalue weighted by atomic mass is 16.6. The van der Waals surface area contributed by atoms with Gasteiger partial charge in [-0.1, -0.05) is 103 Å². The van der Waals surface area contributed by atoms with Gasteiger partial charge in [0.15, 0.2) is 11.6 Å². The number of carbonyl (C=O) groups excluding carboxylic acids is 6. The minimum Gasteiger partial charge on any atom is -0.453 e.